The Hall–Kier alpha value is -1.69. The SMILES string of the molecule is Cc1cc(N(C)CC(C)(C)CN)n2ncnc2n1. The summed E-state index contributed by atoms with van der Waals surface area (Å²) in [5.41, 5.74) is 6.77. The van der Waals surface area contributed by atoms with Crippen LogP contribution in [0.4, 0.5) is 5.82 Å². The van der Waals surface area contributed by atoms with Gasteiger partial charge >= 0.3 is 0 Å². The Kier molecular flexibility index (Phi) is 3.21. The summed E-state index contributed by atoms with van der Waals surface area (Å²) in [6, 6.07) is 2.01. The van der Waals surface area contributed by atoms with Crippen LogP contribution in [0.2, 0.25) is 0 Å². The van der Waals surface area contributed by atoms with Gasteiger partial charge < -0.3 is 10.6 Å². The number of hydrogen-bond donors (Lipinski definition) is 1. The van der Waals surface area contributed by atoms with E-state index in [-0.39, 0.29) is 5.41 Å². The number of aromatic nitrogens is 4. The first kappa shape index (κ1) is 12.8. The second-order valence-corrected chi connectivity index (χ2v) is 5.45. The Labute approximate surface area is 107 Å². The van der Waals surface area contributed by atoms with Crippen molar-refractivity contribution in [2.75, 3.05) is 25.0 Å². The van der Waals surface area contributed by atoms with Gasteiger partial charge in [0.15, 0.2) is 0 Å². The van der Waals surface area contributed by atoms with E-state index in [1.54, 1.807) is 4.52 Å². The lowest BCUT2D eigenvalue weighted by atomic mass is 9.93. The highest BCUT2D eigenvalue weighted by Gasteiger charge is 2.20. The lowest BCUT2D eigenvalue weighted by molar-refractivity contribution is 0.383. The molecule has 0 aromatic carbocycles. The van der Waals surface area contributed by atoms with Gasteiger partial charge in [-0.05, 0) is 18.9 Å². The molecule has 0 spiro atoms. The highest BCUT2D eigenvalue weighted by molar-refractivity contribution is 5.46. The third-order valence-corrected chi connectivity index (χ3v) is 2.97. The zero-order valence-electron chi connectivity index (χ0n) is 11.4. The van der Waals surface area contributed by atoms with Crippen molar-refractivity contribution >= 4 is 11.6 Å². The second-order valence-electron chi connectivity index (χ2n) is 5.45. The molecule has 2 heterocycles. The van der Waals surface area contributed by atoms with E-state index in [0.29, 0.717) is 12.3 Å². The average Bonchev–Trinajstić information content (AvgIpc) is 2.75. The number of rotatable bonds is 4. The van der Waals surface area contributed by atoms with Crippen LogP contribution in [-0.4, -0.2) is 39.7 Å². The van der Waals surface area contributed by atoms with Crippen molar-refractivity contribution in [3.63, 3.8) is 0 Å². The van der Waals surface area contributed by atoms with Crippen LogP contribution in [0.3, 0.4) is 0 Å². The fourth-order valence-electron chi connectivity index (χ4n) is 1.97. The van der Waals surface area contributed by atoms with E-state index in [0.717, 1.165) is 18.1 Å². The molecule has 0 aliphatic heterocycles. The molecule has 2 rings (SSSR count). The van der Waals surface area contributed by atoms with Crippen LogP contribution < -0.4 is 10.6 Å². The normalized spacial score (nSPS) is 12.1. The minimum absolute atomic E-state index is 0.0544. The van der Waals surface area contributed by atoms with Crippen LogP contribution >= 0.6 is 0 Å². The summed E-state index contributed by atoms with van der Waals surface area (Å²) < 4.78 is 1.75. The minimum Gasteiger partial charge on any atom is -0.359 e. The van der Waals surface area contributed by atoms with E-state index < -0.39 is 0 Å². The van der Waals surface area contributed by atoms with Crippen molar-refractivity contribution in [3.05, 3.63) is 18.1 Å². The predicted molar refractivity (Wildman–Crippen MR) is 71.6 cm³/mol. The number of hydrogen-bond acceptors (Lipinski definition) is 5. The summed E-state index contributed by atoms with van der Waals surface area (Å²) in [7, 11) is 2.04. The molecule has 0 aliphatic rings. The maximum atomic E-state index is 5.78. The number of nitrogens with zero attached hydrogens (tertiary/aromatic N) is 5. The molecule has 0 aliphatic carbocycles. The van der Waals surface area contributed by atoms with Crippen molar-refractivity contribution in [2.24, 2.45) is 11.1 Å². The fraction of sp³-hybridized carbons (Fsp3) is 0.583. The Morgan fingerprint density at radius 1 is 1.44 bits per heavy atom. The summed E-state index contributed by atoms with van der Waals surface area (Å²) in [5.74, 6) is 1.61. The van der Waals surface area contributed by atoms with Crippen LogP contribution in [0.15, 0.2) is 12.4 Å². The minimum atomic E-state index is 0.0544. The first-order valence-electron chi connectivity index (χ1n) is 6.01. The van der Waals surface area contributed by atoms with E-state index in [9.17, 15) is 0 Å². The van der Waals surface area contributed by atoms with Crippen LogP contribution in [0.1, 0.15) is 19.5 Å². The van der Waals surface area contributed by atoms with Gasteiger partial charge in [-0.25, -0.2) is 4.98 Å². The fourth-order valence-corrected chi connectivity index (χ4v) is 1.97. The van der Waals surface area contributed by atoms with Gasteiger partial charge in [0.1, 0.15) is 12.1 Å². The Bertz CT molecular complexity index is 544. The molecule has 0 atom stereocenters. The Balaban J connectivity index is 2.38. The first-order chi connectivity index (χ1) is 8.43. The van der Waals surface area contributed by atoms with Crippen molar-refractivity contribution in [1.82, 2.24) is 19.6 Å². The zero-order chi connectivity index (χ0) is 13.3. The number of aryl methyl sites for hydroxylation is 1. The third kappa shape index (κ3) is 2.43. The molecule has 0 fully saturated rings. The molecule has 2 N–H and O–H groups in total. The second kappa shape index (κ2) is 4.53. The lowest BCUT2D eigenvalue weighted by Crippen LogP contribution is -2.37. The number of anilines is 1. The summed E-state index contributed by atoms with van der Waals surface area (Å²) in [6.45, 7) is 7.75. The molecule has 98 valence electrons. The molecule has 0 unspecified atom stereocenters. The van der Waals surface area contributed by atoms with Crippen LogP contribution in [0.5, 0.6) is 0 Å². The third-order valence-electron chi connectivity index (χ3n) is 2.97. The van der Waals surface area contributed by atoms with Gasteiger partial charge in [0, 0.05) is 25.4 Å². The molecule has 18 heavy (non-hydrogen) atoms. The molecule has 6 nitrogen and oxygen atoms in total. The van der Waals surface area contributed by atoms with Gasteiger partial charge in [0.2, 0.25) is 0 Å². The van der Waals surface area contributed by atoms with Crippen molar-refractivity contribution in [3.8, 4) is 0 Å². The van der Waals surface area contributed by atoms with Gasteiger partial charge in [-0.15, -0.1) is 0 Å². The van der Waals surface area contributed by atoms with Gasteiger partial charge in [-0.1, -0.05) is 13.8 Å². The molecular formula is C12H20N6. The maximum Gasteiger partial charge on any atom is 0.254 e. The molecule has 0 saturated carbocycles. The van der Waals surface area contributed by atoms with Crippen molar-refractivity contribution < 1.29 is 0 Å². The topological polar surface area (TPSA) is 72.3 Å². The Morgan fingerprint density at radius 2 is 2.17 bits per heavy atom. The van der Waals surface area contributed by atoms with Crippen molar-refractivity contribution in [2.45, 2.75) is 20.8 Å². The average molecular weight is 248 g/mol. The van der Waals surface area contributed by atoms with Gasteiger partial charge in [-0.2, -0.15) is 14.6 Å². The molecule has 0 saturated heterocycles. The highest BCUT2D eigenvalue weighted by atomic mass is 15.4. The smallest absolute Gasteiger partial charge is 0.254 e. The zero-order valence-corrected chi connectivity index (χ0v) is 11.4. The van der Waals surface area contributed by atoms with Crippen LogP contribution in [0, 0.1) is 12.3 Å². The molecule has 0 radical (unpaired) electrons. The van der Waals surface area contributed by atoms with E-state index in [1.165, 1.54) is 6.33 Å². The van der Waals surface area contributed by atoms with Crippen molar-refractivity contribution in [1.29, 1.82) is 0 Å². The summed E-state index contributed by atoms with van der Waals surface area (Å²) in [6.07, 6.45) is 1.52. The van der Waals surface area contributed by atoms with Gasteiger partial charge in [-0.3, -0.25) is 0 Å². The standard InChI is InChI=1S/C12H20N6/c1-9-5-10(17(4)7-12(2,3)6-13)18-11(16-9)14-8-15-18/h5,8H,6-7,13H2,1-4H3. The highest BCUT2D eigenvalue weighted by Crippen LogP contribution is 2.20. The molecular weight excluding hydrogens is 228 g/mol. The van der Waals surface area contributed by atoms with E-state index in [1.807, 2.05) is 20.0 Å². The van der Waals surface area contributed by atoms with Crippen LogP contribution in [0.25, 0.3) is 5.78 Å². The van der Waals surface area contributed by atoms with E-state index in [2.05, 4.69) is 33.8 Å². The van der Waals surface area contributed by atoms with E-state index >= 15 is 0 Å². The van der Waals surface area contributed by atoms with E-state index in [4.69, 9.17) is 5.73 Å². The summed E-state index contributed by atoms with van der Waals surface area (Å²) in [4.78, 5) is 10.6. The largest absolute Gasteiger partial charge is 0.359 e. The summed E-state index contributed by atoms with van der Waals surface area (Å²) in [5, 5.41) is 4.21. The van der Waals surface area contributed by atoms with Gasteiger partial charge in [0.05, 0.1) is 0 Å². The summed E-state index contributed by atoms with van der Waals surface area (Å²) >= 11 is 0. The monoisotopic (exact) mass is 248 g/mol. The molecule has 6 heteroatoms. The molecule has 0 amide bonds. The quantitative estimate of drug-likeness (QED) is 0.868. The van der Waals surface area contributed by atoms with Gasteiger partial charge in [0.25, 0.3) is 5.78 Å². The molecule has 0 bridgehead atoms. The Morgan fingerprint density at radius 3 is 2.83 bits per heavy atom. The first-order valence-corrected chi connectivity index (χ1v) is 6.01. The number of nitrogens with two attached hydrogens (primary N) is 1. The predicted octanol–water partition coefficient (Wildman–Crippen LogP) is 0.854. The molecule has 2 aromatic heterocycles. The molecule has 2 aromatic rings. The van der Waals surface area contributed by atoms with Crippen LogP contribution in [-0.2, 0) is 0 Å². The lowest BCUT2D eigenvalue weighted by Gasteiger charge is -2.30. The maximum absolute atomic E-state index is 5.78. The number of fused-ring (bicyclic) bond motifs is 1.